The van der Waals surface area contributed by atoms with Crippen molar-refractivity contribution in [1.29, 1.82) is 0 Å². The molecule has 1 N–H and O–H groups in total. The molecule has 4 nitrogen and oxygen atoms in total. The van der Waals surface area contributed by atoms with Gasteiger partial charge in [0.1, 0.15) is 0 Å². The van der Waals surface area contributed by atoms with Gasteiger partial charge in [-0.25, -0.2) is 0 Å². The molecule has 0 amide bonds. The van der Waals surface area contributed by atoms with Crippen LogP contribution in [0.4, 0.5) is 5.69 Å². The quantitative estimate of drug-likeness (QED) is 0.917. The molecular weight excluding hydrogens is 238 g/mol. The minimum absolute atomic E-state index is 0.543. The third kappa shape index (κ3) is 2.40. The summed E-state index contributed by atoms with van der Waals surface area (Å²) in [7, 11) is 2.01. The minimum atomic E-state index is -0.543. The van der Waals surface area contributed by atoms with Gasteiger partial charge in [0.2, 0.25) is 0 Å². The van der Waals surface area contributed by atoms with E-state index in [9.17, 15) is 5.11 Å². The molecule has 100 valence electrons. The SMILES string of the molecule is CN(CC1(O)CCCC1)c1cnnc2ccccc12. The van der Waals surface area contributed by atoms with Gasteiger partial charge in [-0.15, -0.1) is 0 Å². The van der Waals surface area contributed by atoms with Crippen LogP contribution in [0.15, 0.2) is 30.5 Å². The fraction of sp³-hybridized carbons (Fsp3) is 0.467. The normalized spacial score (nSPS) is 17.8. The van der Waals surface area contributed by atoms with Crippen LogP contribution >= 0.6 is 0 Å². The lowest BCUT2D eigenvalue weighted by molar-refractivity contribution is 0.0560. The van der Waals surface area contributed by atoms with Gasteiger partial charge in [-0.2, -0.15) is 10.2 Å². The molecule has 0 unspecified atom stereocenters. The maximum Gasteiger partial charge on any atom is 0.0950 e. The van der Waals surface area contributed by atoms with E-state index in [1.807, 2.05) is 25.2 Å². The molecule has 1 fully saturated rings. The summed E-state index contributed by atoms with van der Waals surface area (Å²) in [5.74, 6) is 0. The summed E-state index contributed by atoms with van der Waals surface area (Å²) < 4.78 is 0. The summed E-state index contributed by atoms with van der Waals surface area (Å²) in [6.45, 7) is 0.655. The van der Waals surface area contributed by atoms with Crippen LogP contribution in [-0.4, -0.2) is 34.5 Å². The van der Waals surface area contributed by atoms with Crippen LogP contribution in [0.2, 0.25) is 0 Å². The van der Waals surface area contributed by atoms with Gasteiger partial charge in [-0.1, -0.05) is 31.0 Å². The van der Waals surface area contributed by atoms with Crippen molar-refractivity contribution in [1.82, 2.24) is 10.2 Å². The Morgan fingerprint density at radius 3 is 2.79 bits per heavy atom. The van der Waals surface area contributed by atoms with Crippen LogP contribution in [0, 0.1) is 0 Å². The van der Waals surface area contributed by atoms with E-state index in [1.54, 1.807) is 6.20 Å². The molecule has 1 aromatic heterocycles. The summed E-state index contributed by atoms with van der Waals surface area (Å²) in [6.07, 6.45) is 5.82. The first-order valence-corrected chi connectivity index (χ1v) is 6.82. The maximum atomic E-state index is 10.5. The summed E-state index contributed by atoms with van der Waals surface area (Å²) in [6, 6.07) is 7.98. The Bertz CT molecular complexity index is 573. The first-order chi connectivity index (χ1) is 9.18. The third-order valence-electron chi connectivity index (χ3n) is 4.00. The van der Waals surface area contributed by atoms with Crippen LogP contribution in [0.25, 0.3) is 10.9 Å². The highest BCUT2D eigenvalue weighted by Gasteiger charge is 2.32. The number of aromatic nitrogens is 2. The highest BCUT2D eigenvalue weighted by molar-refractivity contribution is 5.90. The third-order valence-corrected chi connectivity index (χ3v) is 4.00. The Morgan fingerprint density at radius 2 is 2.00 bits per heavy atom. The van der Waals surface area contributed by atoms with Gasteiger partial charge in [-0.3, -0.25) is 0 Å². The van der Waals surface area contributed by atoms with Crippen LogP contribution in [0.1, 0.15) is 25.7 Å². The zero-order valence-electron chi connectivity index (χ0n) is 11.2. The molecule has 3 rings (SSSR count). The van der Waals surface area contributed by atoms with Crippen molar-refractivity contribution in [2.45, 2.75) is 31.3 Å². The minimum Gasteiger partial charge on any atom is -0.388 e. The van der Waals surface area contributed by atoms with Gasteiger partial charge in [0, 0.05) is 19.0 Å². The second-order valence-corrected chi connectivity index (χ2v) is 5.53. The molecule has 0 radical (unpaired) electrons. The van der Waals surface area contributed by atoms with Crippen LogP contribution in [0.5, 0.6) is 0 Å². The standard InChI is InChI=1S/C15H19N3O/c1-18(11-15(19)8-4-5-9-15)14-10-16-17-13-7-3-2-6-12(13)14/h2-3,6-7,10,19H,4-5,8-9,11H2,1H3. The van der Waals surface area contributed by atoms with E-state index in [-0.39, 0.29) is 0 Å². The Labute approximate surface area is 113 Å². The van der Waals surface area contributed by atoms with Crippen molar-refractivity contribution >= 4 is 16.6 Å². The molecule has 1 aliphatic rings. The van der Waals surface area contributed by atoms with Crippen LogP contribution in [0.3, 0.4) is 0 Å². The number of fused-ring (bicyclic) bond motifs is 1. The van der Waals surface area contributed by atoms with Crippen LogP contribution < -0.4 is 4.90 Å². The number of hydrogen-bond acceptors (Lipinski definition) is 4. The molecule has 0 bridgehead atoms. The van der Waals surface area contributed by atoms with Gasteiger partial charge < -0.3 is 10.0 Å². The molecule has 0 aliphatic heterocycles. The first-order valence-electron chi connectivity index (χ1n) is 6.82. The second-order valence-electron chi connectivity index (χ2n) is 5.53. The smallest absolute Gasteiger partial charge is 0.0950 e. The fourth-order valence-corrected chi connectivity index (χ4v) is 3.01. The topological polar surface area (TPSA) is 49.2 Å². The lowest BCUT2D eigenvalue weighted by Gasteiger charge is -2.30. The van der Waals surface area contributed by atoms with Gasteiger partial charge in [0.15, 0.2) is 0 Å². The van der Waals surface area contributed by atoms with E-state index in [2.05, 4.69) is 21.2 Å². The zero-order chi connectivity index (χ0) is 13.3. The molecule has 0 atom stereocenters. The Morgan fingerprint density at radius 1 is 1.26 bits per heavy atom. The number of benzene rings is 1. The largest absolute Gasteiger partial charge is 0.388 e. The number of nitrogens with zero attached hydrogens (tertiary/aromatic N) is 3. The molecule has 1 aromatic carbocycles. The second kappa shape index (κ2) is 4.78. The van der Waals surface area contributed by atoms with E-state index < -0.39 is 5.60 Å². The molecule has 0 spiro atoms. The molecule has 1 heterocycles. The molecule has 2 aromatic rings. The van der Waals surface area contributed by atoms with Gasteiger partial charge in [-0.05, 0) is 18.9 Å². The molecule has 0 saturated heterocycles. The summed E-state index contributed by atoms with van der Waals surface area (Å²) in [4.78, 5) is 2.10. The molecule has 4 heteroatoms. The monoisotopic (exact) mass is 257 g/mol. The summed E-state index contributed by atoms with van der Waals surface area (Å²) in [5, 5.41) is 19.8. The number of aliphatic hydroxyl groups is 1. The number of rotatable bonds is 3. The van der Waals surface area contributed by atoms with E-state index in [4.69, 9.17) is 0 Å². The average molecular weight is 257 g/mol. The first kappa shape index (κ1) is 12.4. The Balaban J connectivity index is 1.91. The predicted molar refractivity (Wildman–Crippen MR) is 76.2 cm³/mol. The van der Waals surface area contributed by atoms with Crippen LogP contribution in [-0.2, 0) is 0 Å². The van der Waals surface area contributed by atoms with Gasteiger partial charge in [0.25, 0.3) is 0 Å². The van der Waals surface area contributed by atoms with Crippen molar-refractivity contribution in [2.75, 3.05) is 18.5 Å². The lowest BCUT2D eigenvalue weighted by atomic mass is 10.0. The van der Waals surface area contributed by atoms with E-state index in [0.717, 1.165) is 42.3 Å². The average Bonchev–Trinajstić information content (AvgIpc) is 2.84. The zero-order valence-corrected chi connectivity index (χ0v) is 11.2. The fourth-order valence-electron chi connectivity index (χ4n) is 3.01. The van der Waals surface area contributed by atoms with Crippen molar-refractivity contribution in [3.8, 4) is 0 Å². The molecule has 1 aliphatic carbocycles. The maximum absolute atomic E-state index is 10.5. The Kier molecular flexibility index (Phi) is 3.11. The highest BCUT2D eigenvalue weighted by Crippen LogP contribution is 2.32. The van der Waals surface area contributed by atoms with Crippen molar-refractivity contribution in [3.05, 3.63) is 30.5 Å². The number of likely N-dealkylation sites (N-methyl/N-ethyl adjacent to an activating group) is 1. The number of hydrogen-bond donors (Lipinski definition) is 1. The predicted octanol–water partition coefficient (Wildman–Crippen LogP) is 2.37. The lowest BCUT2D eigenvalue weighted by Crippen LogP contribution is -2.39. The highest BCUT2D eigenvalue weighted by atomic mass is 16.3. The summed E-state index contributed by atoms with van der Waals surface area (Å²) >= 11 is 0. The van der Waals surface area contributed by atoms with Crippen molar-refractivity contribution in [2.24, 2.45) is 0 Å². The van der Waals surface area contributed by atoms with Crippen molar-refractivity contribution in [3.63, 3.8) is 0 Å². The van der Waals surface area contributed by atoms with E-state index in [1.165, 1.54) is 0 Å². The van der Waals surface area contributed by atoms with Gasteiger partial charge in [0.05, 0.1) is 23.0 Å². The Hall–Kier alpha value is -1.68. The summed E-state index contributed by atoms with van der Waals surface area (Å²) in [5.41, 5.74) is 1.38. The molecular formula is C15H19N3O. The number of anilines is 1. The van der Waals surface area contributed by atoms with Crippen molar-refractivity contribution < 1.29 is 5.11 Å². The molecule has 19 heavy (non-hydrogen) atoms. The van der Waals surface area contributed by atoms with E-state index >= 15 is 0 Å². The van der Waals surface area contributed by atoms with Gasteiger partial charge >= 0.3 is 0 Å². The van der Waals surface area contributed by atoms with E-state index in [0.29, 0.717) is 6.54 Å². The molecule has 1 saturated carbocycles.